The summed E-state index contributed by atoms with van der Waals surface area (Å²) >= 11 is 2.28. The van der Waals surface area contributed by atoms with Crippen LogP contribution in [0, 0.1) is 0 Å². The fraction of sp³-hybridized carbons (Fsp3) is 1.00. The average molecular weight is 881 g/mol. The van der Waals surface area contributed by atoms with Crippen molar-refractivity contribution in [3.63, 3.8) is 0 Å². The molecule has 0 aliphatic carbocycles. The van der Waals surface area contributed by atoms with Crippen LogP contribution in [0.25, 0.3) is 0 Å². The number of unbranched alkanes of at least 4 members (excludes halogenated alkanes) is 13. The molecular formula is C40H81IO12. The fourth-order valence-electron chi connectivity index (χ4n) is 4.97. The van der Waals surface area contributed by atoms with Gasteiger partial charge in [0.1, 0.15) is 0 Å². The molecule has 320 valence electrons. The van der Waals surface area contributed by atoms with Crippen LogP contribution >= 0.6 is 22.6 Å². The minimum atomic E-state index is 0.522. The second-order valence-corrected chi connectivity index (χ2v) is 13.7. The Bertz CT molecular complexity index is 576. The van der Waals surface area contributed by atoms with Crippen LogP contribution in [-0.4, -0.2) is 163 Å². The maximum Gasteiger partial charge on any atom is 0.0701 e. The van der Waals surface area contributed by atoms with Crippen LogP contribution < -0.4 is 0 Å². The Labute approximate surface area is 338 Å². The number of alkyl halides is 1. The van der Waals surface area contributed by atoms with Crippen molar-refractivity contribution in [1.29, 1.82) is 0 Å². The second-order valence-electron chi connectivity index (χ2n) is 12.6. The Morgan fingerprint density at radius 1 is 0.208 bits per heavy atom. The first-order chi connectivity index (χ1) is 26.4. The van der Waals surface area contributed by atoms with E-state index < -0.39 is 0 Å². The van der Waals surface area contributed by atoms with Gasteiger partial charge in [-0.1, -0.05) is 113 Å². The van der Waals surface area contributed by atoms with Crippen LogP contribution in [0.3, 0.4) is 0 Å². The van der Waals surface area contributed by atoms with Gasteiger partial charge in [-0.2, -0.15) is 0 Å². The molecule has 0 rings (SSSR count). The van der Waals surface area contributed by atoms with Gasteiger partial charge >= 0.3 is 0 Å². The molecule has 0 aromatic heterocycles. The van der Waals surface area contributed by atoms with Gasteiger partial charge in [-0.05, 0) is 6.42 Å². The van der Waals surface area contributed by atoms with Gasteiger partial charge in [-0.3, -0.25) is 0 Å². The molecule has 0 unspecified atom stereocenters. The van der Waals surface area contributed by atoms with Crippen molar-refractivity contribution in [1.82, 2.24) is 0 Å². The lowest BCUT2D eigenvalue weighted by atomic mass is 10.0. The third-order valence-corrected chi connectivity index (χ3v) is 8.40. The smallest absolute Gasteiger partial charge is 0.0701 e. The SMILES string of the molecule is CCCCCCCCCCCCCCCCOCCOCCOCCOCCOCCOCCOCCOCCOCCOCCOCCOCCI. The molecule has 0 bridgehead atoms. The molecule has 13 heteroatoms. The summed E-state index contributed by atoms with van der Waals surface area (Å²) < 4.78 is 67.0. The third-order valence-electron chi connectivity index (χ3n) is 7.96. The molecule has 0 saturated heterocycles. The standard InChI is InChI=1S/C40H81IO12/c1-2-3-4-5-6-7-8-9-10-11-12-13-14-15-17-42-19-21-44-23-25-46-27-29-48-31-33-50-35-37-52-39-40-53-38-36-51-34-32-49-30-28-47-26-24-45-22-20-43-18-16-41/h2-40H2,1H3. The lowest BCUT2D eigenvalue weighted by molar-refractivity contribution is -0.0282. The van der Waals surface area contributed by atoms with Crippen LogP contribution in [0.1, 0.15) is 96.8 Å². The van der Waals surface area contributed by atoms with Crippen molar-refractivity contribution in [2.45, 2.75) is 96.8 Å². The zero-order chi connectivity index (χ0) is 38.1. The Balaban J connectivity index is 3.05. The Kier molecular flexibility index (Phi) is 52.5. The number of hydrogen-bond donors (Lipinski definition) is 0. The number of ether oxygens (including phenoxy) is 12. The quantitative estimate of drug-likeness (QED) is 0.0353. The summed E-state index contributed by atoms with van der Waals surface area (Å²) in [5.74, 6) is 0. The van der Waals surface area contributed by atoms with Gasteiger partial charge in [0.2, 0.25) is 0 Å². The first kappa shape index (κ1) is 53.2. The minimum absolute atomic E-state index is 0.522. The first-order valence-corrected chi connectivity index (χ1v) is 22.4. The first-order valence-electron chi connectivity index (χ1n) is 20.9. The van der Waals surface area contributed by atoms with Gasteiger partial charge in [0.15, 0.2) is 0 Å². The minimum Gasteiger partial charge on any atom is -0.379 e. The van der Waals surface area contributed by atoms with E-state index in [1.807, 2.05) is 0 Å². The summed E-state index contributed by atoms with van der Waals surface area (Å²) in [6.07, 6.45) is 19.3. The summed E-state index contributed by atoms with van der Waals surface area (Å²) in [6, 6.07) is 0. The van der Waals surface area contributed by atoms with E-state index >= 15 is 0 Å². The van der Waals surface area contributed by atoms with Crippen molar-refractivity contribution < 1.29 is 56.8 Å². The van der Waals surface area contributed by atoms with E-state index in [2.05, 4.69) is 29.5 Å². The largest absolute Gasteiger partial charge is 0.379 e. The van der Waals surface area contributed by atoms with E-state index in [1.165, 1.54) is 83.5 Å². The van der Waals surface area contributed by atoms with Crippen LogP contribution in [0.4, 0.5) is 0 Å². The van der Waals surface area contributed by atoms with Crippen LogP contribution in [0.15, 0.2) is 0 Å². The van der Waals surface area contributed by atoms with E-state index in [0.717, 1.165) is 24.1 Å². The summed E-state index contributed by atoms with van der Waals surface area (Å²) in [5, 5.41) is 0. The van der Waals surface area contributed by atoms with E-state index in [-0.39, 0.29) is 0 Å². The molecule has 0 heterocycles. The lowest BCUT2D eigenvalue weighted by Crippen LogP contribution is -2.15. The highest BCUT2D eigenvalue weighted by molar-refractivity contribution is 14.1. The van der Waals surface area contributed by atoms with E-state index in [0.29, 0.717) is 145 Å². The highest BCUT2D eigenvalue weighted by Gasteiger charge is 1.98. The topological polar surface area (TPSA) is 111 Å². The predicted octanol–water partition coefficient (Wildman–Crippen LogP) is 7.10. The summed E-state index contributed by atoms with van der Waals surface area (Å²) in [7, 11) is 0. The molecule has 0 atom stereocenters. The van der Waals surface area contributed by atoms with E-state index in [4.69, 9.17) is 56.8 Å². The molecule has 0 aliphatic heterocycles. The molecule has 0 amide bonds. The number of rotatable bonds is 50. The highest BCUT2D eigenvalue weighted by atomic mass is 127. The Morgan fingerprint density at radius 3 is 0.585 bits per heavy atom. The molecule has 0 aromatic rings. The molecular weight excluding hydrogens is 799 g/mol. The fourth-order valence-corrected chi connectivity index (χ4v) is 5.29. The van der Waals surface area contributed by atoms with Gasteiger partial charge < -0.3 is 56.8 Å². The van der Waals surface area contributed by atoms with Crippen molar-refractivity contribution >= 4 is 22.6 Å². The van der Waals surface area contributed by atoms with Crippen LogP contribution in [0.5, 0.6) is 0 Å². The molecule has 0 spiro atoms. The molecule has 12 nitrogen and oxygen atoms in total. The molecule has 0 aliphatic rings. The molecule has 0 aromatic carbocycles. The Morgan fingerprint density at radius 2 is 0.377 bits per heavy atom. The molecule has 53 heavy (non-hydrogen) atoms. The third kappa shape index (κ3) is 52.2. The summed E-state index contributed by atoms with van der Waals surface area (Å²) in [5.41, 5.74) is 0. The van der Waals surface area contributed by atoms with Gasteiger partial charge in [-0.25, -0.2) is 0 Å². The average Bonchev–Trinajstić information content (AvgIpc) is 3.17. The van der Waals surface area contributed by atoms with Crippen molar-refractivity contribution in [3.05, 3.63) is 0 Å². The van der Waals surface area contributed by atoms with E-state index in [9.17, 15) is 0 Å². The monoisotopic (exact) mass is 880 g/mol. The zero-order valence-electron chi connectivity index (χ0n) is 33.9. The van der Waals surface area contributed by atoms with Gasteiger partial charge in [0.05, 0.1) is 152 Å². The van der Waals surface area contributed by atoms with Gasteiger partial charge in [-0.15, -0.1) is 0 Å². The van der Waals surface area contributed by atoms with Crippen molar-refractivity contribution in [2.75, 3.05) is 163 Å². The summed E-state index contributed by atoms with van der Waals surface area (Å²) in [4.78, 5) is 0. The van der Waals surface area contributed by atoms with Crippen molar-refractivity contribution in [2.24, 2.45) is 0 Å². The van der Waals surface area contributed by atoms with Gasteiger partial charge in [0, 0.05) is 11.0 Å². The zero-order valence-corrected chi connectivity index (χ0v) is 36.0. The molecule has 0 N–H and O–H groups in total. The normalized spacial score (nSPS) is 11.7. The van der Waals surface area contributed by atoms with Crippen LogP contribution in [-0.2, 0) is 56.8 Å². The maximum absolute atomic E-state index is 5.69. The number of halogens is 1. The number of hydrogen-bond acceptors (Lipinski definition) is 12. The Hall–Kier alpha value is 0.250. The lowest BCUT2D eigenvalue weighted by Gasteiger charge is -2.09. The van der Waals surface area contributed by atoms with Crippen molar-refractivity contribution in [3.8, 4) is 0 Å². The maximum atomic E-state index is 5.69. The van der Waals surface area contributed by atoms with Gasteiger partial charge in [0.25, 0.3) is 0 Å². The molecule has 0 saturated carbocycles. The van der Waals surface area contributed by atoms with E-state index in [1.54, 1.807) is 0 Å². The van der Waals surface area contributed by atoms with Crippen LogP contribution in [0.2, 0.25) is 0 Å². The predicted molar refractivity (Wildman–Crippen MR) is 219 cm³/mol. The second kappa shape index (κ2) is 52.2. The molecule has 0 fully saturated rings. The summed E-state index contributed by atoms with van der Waals surface area (Å²) in [6.45, 7) is 16.1. The molecule has 0 radical (unpaired) electrons. The highest BCUT2D eigenvalue weighted by Crippen LogP contribution is 2.13.